The Balaban J connectivity index is 1.79. The molecule has 0 aliphatic carbocycles. The van der Waals surface area contributed by atoms with Crippen LogP contribution in [0.2, 0.25) is 0 Å². The largest absolute Gasteiger partial charge is 0.461 e. The molecule has 2 aromatic heterocycles. The molecule has 1 amide bonds. The van der Waals surface area contributed by atoms with Gasteiger partial charge in [0.25, 0.3) is 0 Å². The Hall–Kier alpha value is -2.45. The smallest absolute Gasteiger partial charge is 0.217 e. The van der Waals surface area contributed by atoms with E-state index in [1.807, 2.05) is 34.5 Å². The molecule has 1 unspecified atom stereocenters. The Morgan fingerprint density at radius 3 is 2.81 bits per heavy atom. The fraction of sp³-hybridized carbons (Fsp3) is 0.421. The number of furan rings is 1. The van der Waals surface area contributed by atoms with Gasteiger partial charge in [0, 0.05) is 31.7 Å². The number of aromatic nitrogens is 3. The molecule has 2 heterocycles. The lowest BCUT2D eigenvalue weighted by Gasteiger charge is -2.14. The maximum absolute atomic E-state index is 11.0. The third-order valence-corrected chi connectivity index (χ3v) is 5.21. The minimum atomic E-state index is -0.336. The second-order valence-electron chi connectivity index (χ2n) is 6.87. The molecule has 7 nitrogen and oxygen atoms in total. The highest BCUT2D eigenvalue weighted by Gasteiger charge is 2.18. The lowest BCUT2D eigenvalue weighted by molar-refractivity contribution is -0.917. The maximum Gasteiger partial charge on any atom is 0.217 e. The van der Waals surface area contributed by atoms with Crippen molar-refractivity contribution < 1.29 is 14.1 Å². The number of nitrogens with one attached hydrogen (secondary N) is 1. The monoisotopic (exact) mass is 388 g/mol. The zero-order valence-electron chi connectivity index (χ0n) is 16.0. The molecule has 1 aromatic carbocycles. The molecule has 3 rings (SSSR count). The zero-order valence-corrected chi connectivity index (χ0v) is 16.8. The zero-order chi connectivity index (χ0) is 19.6. The Bertz CT molecular complexity index is 1020. The minimum Gasteiger partial charge on any atom is -0.461 e. The first-order chi connectivity index (χ1) is 12.9. The van der Waals surface area contributed by atoms with E-state index in [2.05, 4.69) is 25.1 Å². The highest BCUT2D eigenvalue weighted by molar-refractivity contribution is 7.71. The van der Waals surface area contributed by atoms with Gasteiger partial charge in [-0.1, -0.05) is 25.1 Å². The van der Waals surface area contributed by atoms with E-state index in [0.717, 1.165) is 30.1 Å². The lowest BCUT2D eigenvalue weighted by atomic mass is 10.1. The SMILES string of the molecule is CCc1oc2ccccc2c1C[NH+](C)Cn1nc(CCC(N)=O)n(C)c1=S. The van der Waals surface area contributed by atoms with Crippen LogP contribution in [0.5, 0.6) is 0 Å². The average molecular weight is 389 g/mol. The number of nitrogens with two attached hydrogens (primary N) is 1. The third kappa shape index (κ3) is 4.12. The molecular weight excluding hydrogens is 362 g/mol. The maximum atomic E-state index is 11.0. The summed E-state index contributed by atoms with van der Waals surface area (Å²) in [6, 6.07) is 8.14. The van der Waals surface area contributed by atoms with Gasteiger partial charge in [-0.05, 0) is 18.3 Å². The minimum absolute atomic E-state index is 0.267. The summed E-state index contributed by atoms with van der Waals surface area (Å²) in [7, 11) is 3.98. The fourth-order valence-corrected chi connectivity index (χ4v) is 3.54. The van der Waals surface area contributed by atoms with Crippen molar-refractivity contribution in [3.05, 3.63) is 46.2 Å². The Morgan fingerprint density at radius 2 is 2.11 bits per heavy atom. The number of hydrogen-bond acceptors (Lipinski definition) is 4. The van der Waals surface area contributed by atoms with Crippen molar-refractivity contribution in [2.75, 3.05) is 7.05 Å². The predicted molar refractivity (Wildman–Crippen MR) is 106 cm³/mol. The molecule has 0 fully saturated rings. The van der Waals surface area contributed by atoms with Gasteiger partial charge >= 0.3 is 0 Å². The van der Waals surface area contributed by atoms with E-state index in [1.165, 1.54) is 15.8 Å². The second kappa shape index (κ2) is 8.06. The highest BCUT2D eigenvalue weighted by atomic mass is 32.1. The molecule has 0 aliphatic heterocycles. The number of carbonyl (C=O) groups is 1. The van der Waals surface area contributed by atoms with E-state index < -0.39 is 0 Å². The van der Waals surface area contributed by atoms with Gasteiger partial charge in [-0.2, -0.15) is 9.78 Å². The number of para-hydroxylation sites is 1. The number of hydrogen-bond donors (Lipinski definition) is 2. The van der Waals surface area contributed by atoms with E-state index in [-0.39, 0.29) is 12.3 Å². The van der Waals surface area contributed by atoms with Gasteiger partial charge in [-0.3, -0.25) is 4.79 Å². The van der Waals surface area contributed by atoms with E-state index in [4.69, 9.17) is 22.4 Å². The van der Waals surface area contributed by atoms with E-state index in [1.54, 1.807) is 0 Å². The Labute approximate surface area is 163 Å². The van der Waals surface area contributed by atoms with E-state index in [0.29, 0.717) is 17.9 Å². The van der Waals surface area contributed by atoms with Crippen molar-refractivity contribution >= 4 is 29.1 Å². The van der Waals surface area contributed by atoms with Gasteiger partial charge in [0.1, 0.15) is 23.7 Å². The molecule has 0 radical (unpaired) electrons. The van der Waals surface area contributed by atoms with Gasteiger partial charge in [-0.15, -0.1) is 0 Å². The van der Waals surface area contributed by atoms with Crippen LogP contribution in [0.4, 0.5) is 0 Å². The topological polar surface area (TPSA) is 83.4 Å². The van der Waals surface area contributed by atoms with Crippen molar-refractivity contribution in [3.63, 3.8) is 0 Å². The highest BCUT2D eigenvalue weighted by Crippen LogP contribution is 2.25. The normalized spacial score (nSPS) is 12.6. The van der Waals surface area contributed by atoms with Gasteiger partial charge in [0.05, 0.1) is 12.6 Å². The molecule has 1 atom stereocenters. The third-order valence-electron chi connectivity index (χ3n) is 4.73. The number of fused-ring (bicyclic) bond motifs is 1. The van der Waals surface area contributed by atoms with Crippen molar-refractivity contribution in [2.45, 2.75) is 39.4 Å². The van der Waals surface area contributed by atoms with Crippen LogP contribution >= 0.6 is 12.2 Å². The second-order valence-corrected chi connectivity index (χ2v) is 7.23. The van der Waals surface area contributed by atoms with Gasteiger partial charge in [0.2, 0.25) is 10.7 Å². The number of aryl methyl sites for hydroxylation is 2. The molecule has 0 saturated carbocycles. The summed E-state index contributed by atoms with van der Waals surface area (Å²) in [5.74, 6) is 1.47. The van der Waals surface area contributed by atoms with Gasteiger partial charge in [-0.25, -0.2) is 0 Å². The molecule has 3 aromatic rings. The Kier molecular flexibility index (Phi) is 5.76. The first-order valence-corrected chi connectivity index (χ1v) is 9.53. The number of amides is 1. The summed E-state index contributed by atoms with van der Waals surface area (Å²) < 4.78 is 10.3. The van der Waals surface area contributed by atoms with Crippen LogP contribution in [-0.2, 0) is 37.9 Å². The number of carbonyl (C=O) groups excluding carboxylic acids is 1. The summed E-state index contributed by atoms with van der Waals surface area (Å²) in [6.07, 6.45) is 1.62. The van der Waals surface area contributed by atoms with Crippen LogP contribution in [0.1, 0.15) is 30.5 Å². The van der Waals surface area contributed by atoms with Crippen molar-refractivity contribution in [3.8, 4) is 0 Å². The van der Waals surface area contributed by atoms with Crippen molar-refractivity contribution in [1.29, 1.82) is 0 Å². The molecule has 144 valence electrons. The summed E-state index contributed by atoms with van der Waals surface area (Å²) in [4.78, 5) is 12.3. The quantitative estimate of drug-likeness (QED) is 0.571. The molecular formula is C19H26N5O2S+. The fourth-order valence-electron chi connectivity index (χ4n) is 3.33. The molecule has 0 aliphatic rings. The summed E-state index contributed by atoms with van der Waals surface area (Å²) >= 11 is 5.50. The molecule has 0 spiro atoms. The number of quaternary nitrogens is 1. The average Bonchev–Trinajstić information content (AvgIpc) is 3.12. The van der Waals surface area contributed by atoms with Crippen LogP contribution in [0.3, 0.4) is 0 Å². The van der Waals surface area contributed by atoms with Crippen LogP contribution in [0.25, 0.3) is 11.0 Å². The van der Waals surface area contributed by atoms with Crippen LogP contribution in [-0.4, -0.2) is 27.3 Å². The number of nitrogens with zero attached hydrogens (tertiary/aromatic N) is 3. The Morgan fingerprint density at radius 1 is 1.37 bits per heavy atom. The molecule has 8 heteroatoms. The van der Waals surface area contributed by atoms with Crippen LogP contribution in [0, 0.1) is 4.77 Å². The molecule has 0 bridgehead atoms. The molecule has 27 heavy (non-hydrogen) atoms. The molecule has 0 saturated heterocycles. The van der Waals surface area contributed by atoms with Crippen molar-refractivity contribution in [2.24, 2.45) is 12.8 Å². The van der Waals surface area contributed by atoms with E-state index >= 15 is 0 Å². The summed E-state index contributed by atoms with van der Waals surface area (Å²) in [5, 5.41) is 5.75. The predicted octanol–water partition coefficient (Wildman–Crippen LogP) is 1.35. The van der Waals surface area contributed by atoms with Gasteiger partial charge in [0.15, 0.2) is 6.67 Å². The summed E-state index contributed by atoms with van der Waals surface area (Å²) in [6.45, 7) is 3.55. The van der Waals surface area contributed by atoms with Crippen LogP contribution in [0.15, 0.2) is 28.7 Å². The standard InChI is InChI=1S/C19H25N5O2S/c1-4-15-14(13-7-5-6-8-16(13)26-15)11-22(2)12-24-19(27)23(3)18(21-24)10-9-17(20)25/h5-8H,4,9-12H2,1-3H3,(H2,20,25)/p+1. The summed E-state index contributed by atoms with van der Waals surface area (Å²) in [5.41, 5.74) is 7.41. The molecule has 3 N–H and O–H groups in total. The van der Waals surface area contributed by atoms with Gasteiger partial charge < -0.3 is 19.6 Å². The van der Waals surface area contributed by atoms with Crippen LogP contribution < -0.4 is 10.6 Å². The number of primary amides is 1. The van der Waals surface area contributed by atoms with Crippen molar-refractivity contribution in [1.82, 2.24) is 14.3 Å². The van der Waals surface area contributed by atoms with E-state index in [9.17, 15) is 4.79 Å². The first-order valence-electron chi connectivity index (χ1n) is 9.12. The first kappa shape index (κ1) is 19.3. The number of rotatable bonds is 8. The number of benzene rings is 1. The lowest BCUT2D eigenvalue weighted by Crippen LogP contribution is -3.07.